The smallest absolute Gasteiger partial charge is 0.276 e. The molecule has 0 aromatic heterocycles. The lowest BCUT2D eigenvalue weighted by Gasteiger charge is -2.24. The number of para-hydroxylation sites is 1. The number of carbonyl (C=O) groups is 2. The van der Waals surface area contributed by atoms with Crippen LogP contribution in [0.1, 0.15) is 29.9 Å². The monoisotopic (exact) mass is 400 g/mol. The van der Waals surface area contributed by atoms with Crippen LogP contribution in [0.3, 0.4) is 0 Å². The first kappa shape index (κ1) is 19.7. The van der Waals surface area contributed by atoms with Crippen molar-refractivity contribution in [3.05, 3.63) is 90.0 Å². The van der Waals surface area contributed by atoms with Gasteiger partial charge in [0.05, 0.1) is 5.92 Å². The Hall–Kier alpha value is -3.60. The van der Waals surface area contributed by atoms with Gasteiger partial charge >= 0.3 is 0 Å². The molecular weight excluding hydrogens is 376 g/mol. The van der Waals surface area contributed by atoms with Gasteiger partial charge in [0.25, 0.3) is 5.91 Å². The summed E-state index contributed by atoms with van der Waals surface area (Å²) in [5.41, 5.74) is 9.21. The number of hydrazine groups is 1. The molecule has 1 atom stereocenters. The van der Waals surface area contributed by atoms with Gasteiger partial charge in [-0.05, 0) is 42.0 Å². The molecule has 0 saturated carbocycles. The van der Waals surface area contributed by atoms with Crippen molar-refractivity contribution in [1.29, 1.82) is 0 Å². The molecule has 4 rings (SSSR count). The molecule has 30 heavy (non-hydrogen) atoms. The molecule has 5 heteroatoms. The van der Waals surface area contributed by atoms with Crippen molar-refractivity contribution in [1.82, 2.24) is 10.9 Å². The van der Waals surface area contributed by atoms with Gasteiger partial charge in [-0.1, -0.05) is 72.8 Å². The van der Waals surface area contributed by atoms with Gasteiger partial charge in [0.1, 0.15) is 5.75 Å². The van der Waals surface area contributed by atoms with Crippen molar-refractivity contribution in [3.63, 3.8) is 0 Å². The van der Waals surface area contributed by atoms with Gasteiger partial charge in [0.15, 0.2) is 6.61 Å². The van der Waals surface area contributed by atoms with Crippen LogP contribution >= 0.6 is 0 Å². The van der Waals surface area contributed by atoms with Crippen LogP contribution in [-0.2, 0) is 16.0 Å². The van der Waals surface area contributed by atoms with Crippen molar-refractivity contribution in [2.45, 2.75) is 25.2 Å². The fraction of sp³-hybridized carbons (Fsp3) is 0.200. The van der Waals surface area contributed by atoms with Crippen molar-refractivity contribution in [2.24, 2.45) is 0 Å². The van der Waals surface area contributed by atoms with E-state index in [0.29, 0.717) is 5.75 Å². The highest BCUT2D eigenvalue weighted by Gasteiger charge is 2.26. The van der Waals surface area contributed by atoms with E-state index < -0.39 is 5.91 Å². The molecule has 2 N–H and O–H groups in total. The van der Waals surface area contributed by atoms with Crippen LogP contribution in [-0.4, -0.2) is 18.4 Å². The first-order valence-electron chi connectivity index (χ1n) is 10.2. The van der Waals surface area contributed by atoms with E-state index in [9.17, 15) is 9.59 Å². The van der Waals surface area contributed by atoms with Crippen LogP contribution in [0, 0.1) is 0 Å². The second kappa shape index (κ2) is 9.27. The van der Waals surface area contributed by atoms with E-state index in [2.05, 4.69) is 16.9 Å². The Labute approximate surface area is 176 Å². The Kier molecular flexibility index (Phi) is 6.09. The Morgan fingerprint density at radius 1 is 0.867 bits per heavy atom. The van der Waals surface area contributed by atoms with Crippen LogP contribution in [0.4, 0.5) is 0 Å². The maximum atomic E-state index is 12.6. The Morgan fingerprint density at radius 2 is 1.60 bits per heavy atom. The van der Waals surface area contributed by atoms with Crippen LogP contribution in [0.2, 0.25) is 0 Å². The highest BCUT2D eigenvalue weighted by molar-refractivity contribution is 5.87. The summed E-state index contributed by atoms with van der Waals surface area (Å²) in [6, 6.07) is 25.4. The van der Waals surface area contributed by atoms with Crippen molar-refractivity contribution in [3.8, 4) is 16.9 Å². The Morgan fingerprint density at radius 3 is 2.47 bits per heavy atom. The van der Waals surface area contributed by atoms with Gasteiger partial charge in [0, 0.05) is 5.56 Å². The Balaban J connectivity index is 1.33. The number of hydrogen-bond donors (Lipinski definition) is 2. The minimum atomic E-state index is -0.407. The van der Waals surface area contributed by atoms with E-state index in [1.165, 1.54) is 5.56 Å². The third kappa shape index (κ3) is 4.51. The average Bonchev–Trinajstić information content (AvgIpc) is 2.81. The molecule has 0 spiro atoms. The van der Waals surface area contributed by atoms with Crippen molar-refractivity contribution >= 4 is 11.8 Å². The number of carbonyl (C=O) groups excluding carboxylic acids is 2. The molecule has 5 nitrogen and oxygen atoms in total. The number of aryl methyl sites for hydroxylation is 1. The first-order valence-corrected chi connectivity index (χ1v) is 10.2. The van der Waals surface area contributed by atoms with E-state index in [1.54, 1.807) is 0 Å². The summed E-state index contributed by atoms with van der Waals surface area (Å²) in [6.07, 6.45) is 2.73. The summed E-state index contributed by atoms with van der Waals surface area (Å²) < 4.78 is 5.72. The van der Waals surface area contributed by atoms with Gasteiger partial charge < -0.3 is 4.74 Å². The maximum absolute atomic E-state index is 12.6. The number of amides is 2. The molecule has 152 valence electrons. The molecule has 0 heterocycles. The molecule has 1 unspecified atom stereocenters. The zero-order valence-electron chi connectivity index (χ0n) is 16.6. The lowest BCUT2D eigenvalue weighted by Crippen LogP contribution is -2.46. The van der Waals surface area contributed by atoms with Gasteiger partial charge in [-0.15, -0.1) is 0 Å². The average molecular weight is 400 g/mol. The van der Waals surface area contributed by atoms with E-state index in [-0.39, 0.29) is 18.4 Å². The molecule has 0 bridgehead atoms. The Bertz CT molecular complexity index is 1030. The third-order valence-electron chi connectivity index (χ3n) is 5.34. The predicted octanol–water partition coefficient (Wildman–Crippen LogP) is 4.00. The molecule has 2 amide bonds. The number of benzene rings is 3. The standard InChI is InChI=1S/C25H24N2O3/c28-24(17-30-23-16-7-6-14-21(23)19-9-2-1-3-10-19)26-27-25(29)22-15-8-12-18-11-4-5-13-20(18)22/h1-7,9-11,13-14,16,22H,8,12,15,17H2,(H,26,28)(H,27,29). The van der Waals surface area contributed by atoms with E-state index in [0.717, 1.165) is 36.0 Å². The van der Waals surface area contributed by atoms with Crippen LogP contribution in [0.15, 0.2) is 78.9 Å². The minimum absolute atomic E-state index is 0.189. The van der Waals surface area contributed by atoms with Gasteiger partial charge in [0.2, 0.25) is 5.91 Å². The molecule has 0 saturated heterocycles. The number of rotatable bonds is 5. The van der Waals surface area contributed by atoms with Crippen molar-refractivity contribution < 1.29 is 14.3 Å². The molecule has 1 aliphatic rings. The quantitative estimate of drug-likeness (QED) is 0.636. The van der Waals surface area contributed by atoms with Crippen LogP contribution in [0.25, 0.3) is 11.1 Å². The number of fused-ring (bicyclic) bond motifs is 1. The number of hydrogen-bond acceptors (Lipinski definition) is 3. The minimum Gasteiger partial charge on any atom is -0.483 e. The second-order valence-electron chi connectivity index (χ2n) is 7.33. The molecule has 0 aliphatic heterocycles. The SMILES string of the molecule is O=C(COc1ccccc1-c1ccccc1)NNC(=O)C1CCCc2ccccc21. The van der Waals surface area contributed by atoms with E-state index in [1.807, 2.05) is 72.8 Å². The summed E-state index contributed by atoms with van der Waals surface area (Å²) in [5, 5.41) is 0. The lowest BCUT2D eigenvalue weighted by atomic mass is 9.82. The van der Waals surface area contributed by atoms with Gasteiger partial charge in [-0.25, -0.2) is 0 Å². The number of nitrogens with one attached hydrogen (secondary N) is 2. The molecule has 3 aromatic rings. The fourth-order valence-corrected chi connectivity index (χ4v) is 3.87. The summed E-state index contributed by atoms with van der Waals surface area (Å²) in [4.78, 5) is 24.9. The molecule has 0 fully saturated rings. The van der Waals surface area contributed by atoms with Crippen LogP contribution in [0.5, 0.6) is 5.75 Å². The van der Waals surface area contributed by atoms with Crippen molar-refractivity contribution in [2.75, 3.05) is 6.61 Å². The maximum Gasteiger partial charge on any atom is 0.276 e. The topological polar surface area (TPSA) is 67.4 Å². The lowest BCUT2D eigenvalue weighted by molar-refractivity contribution is -0.130. The highest BCUT2D eigenvalue weighted by atomic mass is 16.5. The van der Waals surface area contributed by atoms with Gasteiger partial charge in [-0.2, -0.15) is 0 Å². The van der Waals surface area contributed by atoms with Crippen LogP contribution < -0.4 is 15.6 Å². The number of ether oxygens (including phenoxy) is 1. The summed E-state index contributed by atoms with van der Waals surface area (Å²) in [7, 11) is 0. The molecule has 3 aromatic carbocycles. The fourth-order valence-electron chi connectivity index (χ4n) is 3.87. The first-order chi connectivity index (χ1) is 14.7. The zero-order valence-corrected chi connectivity index (χ0v) is 16.6. The largest absolute Gasteiger partial charge is 0.483 e. The molecule has 1 aliphatic carbocycles. The molecule has 0 radical (unpaired) electrons. The summed E-state index contributed by atoms with van der Waals surface area (Å²) in [6.45, 7) is -0.189. The predicted molar refractivity (Wildman–Crippen MR) is 116 cm³/mol. The van der Waals surface area contributed by atoms with E-state index in [4.69, 9.17) is 4.74 Å². The summed E-state index contributed by atoms with van der Waals surface area (Å²) in [5.74, 6) is -0.225. The molecular formula is C25H24N2O3. The zero-order chi connectivity index (χ0) is 20.8. The summed E-state index contributed by atoms with van der Waals surface area (Å²) >= 11 is 0. The third-order valence-corrected chi connectivity index (χ3v) is 5.34. The highest BCUT2D eigenvalue weighted by Crippen LogP contribution is 2.31. The van der Waals surface area contributed by atoms with Gasteiger partial charge in [-0.3, -0.25) is 20.4 Å². The van der Waals surface area contributed by atoms with E-state index >= 15 is 0 Å². The normalized spacial score (nSPS) is 15.0. The second-order valence-corrected chi connectivity index (χ2v) is 7.33.